The maximum absolute atomic E-state index is 13.1. The van der Waals surface area contributed by atoms with E-state index in [1.54, 1.807) is 6.92 Å². The number of carbonyl (C=O) groups excluding carboxylic acids is 2. The number of carbonyl (C=O) groups is 2. The van der Waals surface area contributed by atoms with Crippen molar-refractivity contribution >= 4 is 56.7 Å². The van der Waals surface area contributed by atoms with Gasteiger partial charge >= 0.3 is 5.97 Å². The first-order valence-corrected chi connectivity index (χ1v) is 12.8. The minimum atomic E-state index is -0.414. The highest BCUT2D eigenvalue weighted by Crippen LogP contribution is 2.30. The number of aromatic nitrogens is 4. The number of amides is 1. The monoisotopic (exact) mass is 497 g/mol. The summed E-state index contributed by atoms with van der Waals surface area (Å²) in [5.41, 5.74) is 3.41. The first-order valence-electron chi connectivity index (χ1n) is 11.1. The van der Waals surface area contributed by atoms with Gasteiger partial charge in [-0.15, -0.1) is 10.2 Å². The van der Waals surface area contributed by atoms with Crippen LogP contribution in [0.3, 0.4) is 0 Å². The van der Waals surface area contributed by atoms with Crippen molar-refractivity contribution in [3.8, 4) is 0 Å². The van der Waals surface area contributed by atoms with Gasteiger partial charge in [0, 0.05) is 5.39 Å². The minimum absolute atomic E-state index is 0.198. The van der Waals surface area contributed by atoms with Crippen LogP contribution in [0.1, 0.15) is 48.1 Å². The zero-order chi connectivity index (χ0) is 24.4. The highest BCUT2D eigenvalue weighted by molar-refractivity contribution is 8.00. The van der Waals surface area contributed by atoms with Crippen LogP contribution in [-0.4, -0.2) is 43.3 Å². The number of para-hydroxylation sites is 1. The molecule has 0 aliphatic carbocycles. The number of rotatable bonds is 8. The summed E-state index contributed by atoms with van der Waals surface area (Å²) in [6.45, 7) is 10.0. The quantitative estimate of drug-likeness (QED) is 0.261. The van der Waals surface area contributed by atoms with Crippen LogP contribution in [0.5, 0.6) is 0 Å². The number of benzene rings is 1. The van der Waals surface area contributed by atoms with Crippen LogP contribution in [0.4, 0.5) is 5.13 Å². The number of nitrogens with zero attached hydrogens (tertiary/aromatic N) is 4. The van der Waals surface area contributed by atoms with Gasteiger partial charge in [-0.3, -0.25) is 9.20 Å². The molecule has 10 heteroatoms. The molecule has 0 saturated carbocycles. The lowest BCUT2D eigenvalue weighted by Gasteiger charge is -2.13. The Hall–Kier alpha value is -2.98. The van der Waals surface area contributed by atoms with Crippen LogP contribution in [0.2, 0.25) is 0 Å². The number of thioether (sulfide) groups is 1. The number of hydrogen-bond acceptors (Lipinski definition) is 8. The van der Waals surface area contributed by atoms with E-state index in [1.165, 1.54) is 11.8 Å². The van der Waals surface area contributed by atoms with Crippen LogP contribution < -0.4 is 5.32 Å². The molecule has 0 aliphatic heterocycles. The Morgan fingerprint density at radius 1 is 1.21 bits per heavy atom. The van der Waals surface area contributed by atoms with E-state index in [9.17, 15) is 9.59 Å². The Bertz CT molecular complexity index is 1360. The third-order valence-corrected chi connectivity index (χ3v) is 7.60. The number of fused-ring (bicyclic) bond motifs is 3. The second-order valence-electron chi connectivity index (χ2n) is 8.45. The molecule has 1 amide bonds. The van der Waals surface area contributed by atoms with E-state index in [2.05, 4.69) is 33.5 Å². The lowest BCUT2D eigenvalue weighted by Crippen LogP contribution is -2.24. The molecule has 0 radical (unpaired) electrons. The Balaban J connectivity index is 1.54. The number of pyridine rings is 1. The fraction of sp³-hybridized carbons (Fsp3) is 0.375. The van der Waals surface area contributed by atoms with E-state index in [4.69, 9.17) is 4.74 Å². The van der Waals surface area contributed by atoms with Gasteiger partial charge in [-0.25, -0.2) is 9.78 Å². The topological polar surface area (TPSA) is 98.5 Å². The summed E-state index contributed by atoms with van der Waals surface area (Å²) in [5, 5.41) is 13.3. The zero-order valence-electron chi connectivity index (χ0n) is 19.8. The molecule has 0 saturated heterocycles. The molecule has 4 rings (SSSR count). The average molecular weight is 498 g/mol. The molecule has 3 heterocycles. The largest absolute Gasteiger partial charge is 0.461 e. The zero-order valence-corrected chi connectivity index (χ0v) is 21.4. The second-order valence-corrected chi connectivity index (χ2v) is 10.6. The number of esters is 1. The molecular formula is C24H27N5O3S2. The van der Waals surface area contributed by atoms with Crippen molar-refractivity contribution in [2.24, 2.45) is 5.92 Å². The van der Waals surface area contributed by atoms with Gasteiger partial charge < -0.3 is 10.1 Å². The third kappa shape index (κ3) is 4.92. The molecule has 4 aromatic rings. The highest BCUT2D eigenvalue weighted by atomic mass is 32.2. The van der Waals surface area contributed by atoms with Crippen LogP contribution >= 0.6 is 23.1 Å². The van der Waals surface area contributed by atoms with Crippen molar-refractivity contribution in [2.75, 3.05) is 11.9 Å². The smallest absolute Gasteiger partial charge is 0.350 e. The fourth-order valence-corrected chi connectivity index (χ4v) is 5.37. The number of ether oxygens (including phenoxy) is 1. The maximum atomic E-state index is 13.1. The van der Waals surface area contributed by atoms with Gasteiger partial charge in [0.25, 0.3) is 0 Å². The summed E-state index contributed by atoms with van der Waals surface area (Å²) in [7, 11) is 0. The molecule has 3 aromatic heterocycles. The number of nitrogens with one attached hydrogen (secondary N) is 1. The van der Waals surface area contributed by atoms with E-state index in [1.807, 2.05) is 49.4 Å². The van der Waals surface area contributed by atoms with Crippen molar-refractivity contribution in [2.45, 2.75) is 51.4 Å². The van der Waals surface area contributed by atoms with Crippen molar-refractivity contribution in [3.05, 3.63) is 46.5 Å². The molecule has 1 atom stereocenters. The molecular weight excluding hydrogens is 470 g/mol. The third-order valence-electron chi connectivity index (χ3n) is 5.24. The van der Waals surface area contributed by atoms with Crippen LogP contribution in [-0.2, 0) is 9.53 Å². The van der Waals surface area contributed by atoms with Crippen molar-refractivity contribution in [1.29, 1.82) is 0 Å². The summed E-state index contributed by atoms with van der Waals surface area (Å²) in [5.74, 6) is -0.368. The molecule has 178 valence electrons. The van der Waals surface area contributed by atoms with Gasteiger partial charge in [-0.1, -0.05) is 62.1 Å². The van der Waals surface area contributed by atoms with Crippen LogP contribution in [0.25, 0.3) is 16.6 Å². The first kappa shape index (κ1) is 24.2. The molecule has 1 N–H and O–H groups in total. The predicted octanol–water partition coefficient (Wildman–Crippen LogP) is 5.28. The summed E-state index contributed by atoms with van der Waals surface area (Å²) >= 11 is 2.49. The number of thiazole rings is 1. The van der Waals surface area contributed by atoms with E-state index in [0.29, 0.717) is 33.9 Å². The summed E-state index contributed by atoms with van der Waals surface area (Å²) in [6.07, 6.45) is 0.586. The molecule has 0 bridgehead atoms. The van der Waals surface area contributed by atoms with Crippen LogP contribution in [0.15, 0.2) is 35.5 Å². The maximum Gasteiger partial charge on any atom is 0.350 e. The van der Waals surface area contributed by atoms with Gasteiger partial charge in [0.1, 0.15) is 4.88 Å². The van der Waals surface area contributed by atoms with Crippen LogP contribution in [0, 0.1) is 19.8 Å². The summed E-state index contributed by atoms with van der Waals surface area (Å²) in [4.78, 5) is 30.2. The SMILES string of the molecule is CCC(Sc1nnc2cc(C)c3ccccc3n12)C(=O)Nc1nc(C)c(C(=O)OCC(C)C)s1. The first-order chi connectivity index (χ1) is 16.3. The lowest BCUT2D eigenvalue weighted by molar-refractivity contribution is -0.115. The highest BCUT2D eigenvalue weighted by Gasteiger charge is 2.24. The van der Waals surface area contributed by atoms with Gasteiger partial charge in [-0.05, 0) is 43.9 Å². The number of hydrogen-bond donors (Lipinski definition) is 1. The Morgan fingerprint density at radius 3 is 2.71 bits per heavy atom. The number of anilines is 1. The van der Waals surface area contributed by atoms with Crippen molar-refractivity contribution < 1.29 is 14.3 Å². The summed E-state index contributed by atoms with van der Waals surface area (Å²) < 4.78 is 7.29. The minimum Gasteiger partial charge on any atom is -0.461 e. The Morgan fingerprint density at radius 2 is 1.97 bits per heavy atom. The van der Waals surface area contributed by atoms with Crippen molar-refractivity contribution in [1.82, 2.24) is 19.6 Å². The van der Waals surface area contributed by atoms with E-state index < -0.39 is 11.2 Å². The Labute approximate surface area is 206 Å². The fourth-order valence-electron chi connectivity index (χ4n) is 3.53. The molecule has 1 unspecified atom stereocenters. The molecule has 0 aliphatic rings. The van der Waals surface area contributed by atoms with E-state index in [0.717, 1.165) is 33.5 Å². The molecule has 0 spiro atoms. The standard InChI is InChI=1S/C24H27N5O3S2/c1-6-18(21(30)26-23-25-15(5)20(34-23)22(31)32-12-13(2)3)33-24-28-27-19-11-14(4)16-9-7-8-10-17(16)29(19)24/h7-11,13,18H,6,12H2,1-5H3,(H,25,26,30). The van der Waals surface area contributed by atoms with Gasteiger partial charge in [0.05, 0.1) is 23.1 Å². The normalized spacial score (nSPS) is 12.4. The molecule has 8 nitrogen and oxygen atoms in total. The second kappa shape index (κ2) is 10.1. The van der Waals surface area contributed by atoms with Gasteiger partial charge in [0.2, 0.25) is 5.91 Å². The Kier molecular flexibility index (Phi) is 7.18. The van der Waals surface area contributed by atoms with E-state index >= 15 is 0 Å². The van der Waals surface area contributed by atoms with Gasteiger partial charge in [-0.2, -0.15) is 0 Å². The molecule has 0 fully saturated rings. The van der Waals surface area contributed by atoms with Crippen molar-refractivity contribution in [3.63, 3.8) is 0 Å². The lowest BCUT2D eigenvalue weighted by atomic mass is 10.1. The molecule has 1 aromatic carbocycles. The summed E-state index contributed by atoms with van der Waals surface area (Å²) in [6, 6.07) is 10.1. The van der Waals surface area contributed by atoms with E-state index in [-0.39, 0.29) is 11.8 Å². The molecule has 34 heavy (non-hydrogen) atoms. The predicted molar refractivity (Wildman–Crippen MR) is 136 cm³/mol. The average Bonchev–Trinajstić information content (AvgIpc) is 3.38. The van der Waals surface area contributed by atoms with Gasteiger partial charge in [0.15, 0.2) is 15.9 Å². The number of aryl methyl sites for hydroxylation is 2.